The number of hydrogen-bond donors (Lipinski definition) is 3. The lowest BCUT2D eigenvalue weighted by atomic mass is 9.36. The summed E-state index contributed by atoms with van der Waals surface area (Å²) in [4.78, 5) is 32.2. The van der Waals surface area contributed by atoms with Crippen LogP contribution in [0, 0.1) is 89.8 Å². The summed E-state index contributed by atoms with van der Waals surface area (Å²) in [5, 5.41) is 20.3. The molecule has 320 valence electrons. The Kier molecular flexibility index (Phi) is 20.8. The molecule has 3 N–H and O–H groups in total. The number of hydrogen-bond acceptors (Lipinski definition) is 3. The van der Waals surface area contributed by atoms with Crippen molar-refractivity contribution < 1.29 is 24.6 Å². The molecule has 5 aliphatic carbocycles. The number of rotatable bonds is 6. The summed E-state index contributed by atoms with van der Waals surface area (Å²) < 4.78 is 0. The van der Waals surface area contributed by atoms with Gasteiger partial charge >= 0.3 is 11.9 Å². The van der Waals surface area contributed by atoms with Crippen LogP contribution in [0.25, 0.3) is 5.57 Å². The van der Waals surface area contributed by atoms with E-state index >= 15 is 0 Å². The molecule has 4 fully saturated rings. The number of carbonyl (C=O) groups excluding carboxylic acids is 1. The summed E-state index contributed by atoms with van der Waals surface area (Å²) in [5.74, 6) is 2.51. The van der Waals surface area contributed by atoms with Crippen molar-refractivity contribution in [1.29, 1.82) is 0 Å². The normalized spacial score (nSPS) is 30.3. The smallest absolute Gasteiger partial charge is 0.335 e. The molecule has 6 heteroatoms. The molecule has 5 aliphatic rings. The molecule has 9 atom stereocenters. The van der Waals surface area contributed by atoms with E-state index in [9.17, 15) is 19.5 Å². The highest BCUT2D eigenvalue weighted by Crippen LogP contribution is 2.73. The van der Waals surface area contributed by atoms with Gasteiger partial charge in [0.1, 0.15) is 0 Å². The van der Waals surface area contributed by atoms with Crippen LogP contribution >= 0.6 is 0 Å². The number of nitrogens with one attached hydrogen (secondary N) is 1. The summed E-state index contributed by atoms with van der Waals surface area (Å²) in [6, 6.07) is 15.2. The molecular weight excluding hydrogens is 731 g/mol. The van der Waals surface area contributed by atoms with E-state index in [0.717, 1.165) is 23.7 Å². The summed E-state index contributed by atoms with van der Waals surface area (Å²) in [7, 11) is 0. The predicted octanol–water partition coefficient (Wildman–Crippen LogP) is 12.4. The van der Waals surface area contributed by atoms with Crippen LogP contribution in [0.2, 0.25) is 0 Å². The molecule has 4 saturated carbocycles. The molecule has 0 spiro atoms. The predicted molar refractivity (Wildman–Crippen MR) is 246 cm³/mol. The Morgan fingerprint density at radius 1 is 0.763 bits per heavy atom. The van der Waals surface area contributed by atoms with Crippen molar-refractivity contribution in [1.82, 2.24) is 5.32 Å². The summed E-state index contributed by atoms with van der Waals surface area (Å²) >= 11 is 0. The van der Waals surface area contributed by atoms with E-state index in [0.29, 0.717) is 39.7 Å². The van der Waals surface area contributed by atoms with Crippen LogP contribution in [-0.2, 0) is 9.59 Å². The monoisotopic (exact) mass is 804 g/mol. The van der Waals surface area contributed by atoms with Gasteiger partial charge in [0.2, 0.25) is 6.41 Å². The number of fused-ring (bicyclic) bond motifs is 7. The SMILES string of the molecule is C#C.C#C.C#C.C=CC.CC.CC1(C)C(c2ccc(C(=O)O)cc2)=CC[C@@]2(C)C1CC[C@@]1(C)C3CC[C@@]4(C)CCCC4[C@H]3CCC12.O=CN[C@H](C(=O)O)c1ccccc1. The fourth-order valence-corrected chi connectivity index (χ4v) is 12.5. The minimum Gasteiger partial charge on any atom is -0.479 e. The topological polar surface area (TPSA) is 104 Å². The molecule has 7 rings (SSSR count). The highest BCUT2D eigenvalue weighted by Gasteiger charge is 2.64. The number of aromatic carboxylic acids is 1. The number of aliphatic carboxylic acids is 1. The van der Waals surface area contributed by atoms with Gasteiger partial charge in [-0.25, -0.2) is 9.59 Å². The van der Waals surface area contributed by atoms with Crippen LogP contribution in [-0.4, -0.2) is 28.6 Å². The number of benzene rings is 2. The lowest BCUT2D eigenvalue weighted by molar-refractivity contribution is -0.176. The second-order valence-electron chi connectivity index (χ2n) is 17.5. The van der Waals surface area contributed by atoms with Crippen LogP contribution in [0.15, 0.2) is 73.3 Å². The van der Waals surface area contributed by atoms with Gasteiger partial charge in [0.25, 0.3) is 0 Å². The van der Waals surface area contributed by atoms with Gasteiger partial charge in [-0.15, -0.1) is 45.1 Å². The van der Waals surface area contributed by atoms with Gasteiger partial charge in [-0.2, -0.15) is 0 Å². The number of carboxylic acid groups (broad SMARTS) is 2. The first-order valence-electron chi connectivity index (χ1n) is 21.3. The Labute approximate surface area is 358 Å². The Morgan fingerprint density at radius 2 is 1.34 bits per heavy atom. The Balaban J connectivity index is 0.000000606. The van der Waals surface area contributed by atoms with E-state index in [1.54, 1.807) is 48.5 Å². The first-order valence-corrected chi connectivity index (χ1v) is 21.3. The first-order chi connectivity index (χ1) is 28.2. The van der Waals surface area contributed by atoms with Gasteiger partial charge in [0.15, 0.2) is 6.04 Å². The first kappa shape index (κ1) is 52.0. The molecule has 59 heavy (non-hydrogen) atoms. The van der Waals surface area contributed by atoms with Gasteiger partial charge in [0, 0.05) is 0 Å². The zero-order valence-corrected chi connectivity index (χ0v) is 37.3. The highest BCUT2D eigenvalue weighted by molar-refractivity contribution is 5.88. The summed E-state index contributed by atoms with van der Waals surface area (Å²) in [5.41, 5.74) is 5.20. The molecule has 4 unspecified atom stereocenters. The number of carbonyl (C=O) groups is 3. The van der Waals surface area contributed by atoms with Crippen LogP contribution in [0.3, 0.4) is 0 Å². The van der Waals surface area contributed by atoms with E-state index in [4.69, 9.17) is 5.11 Å². The molecule has 0 aliphatic heterocycles. The van der Waals surface area contributed by atoms with E-state index in [2.05, 4.69) is 91.1 Å². The third kappa shape index (κ3) is 11.0. The number of allylic oxidation sites excluding steroid dienone is 3. The Hall–Kier alpha value is -4.99. The third-order valence-electron chi connectivity index (χ3n) is 14.6. The third-order valence-corrected chi connectivity index (χ3v) is 14.6. The maximum Gasteiger partial charge on any atom is 0.335 e. The standard InChI is InChI=1S/C33H46O2.C9H9NO3.C3H6.C2H6.3C2H2/c1-30(2)24(21-8-10-22(11-9-21)29(34)35)15-19-33(5)27(30)16-20-32(4)26-14-18-31(3)17-6-7-25(31)23(26)12-13-28(32)33;11-6-10-8(9(12)13)7-4-2-1-3-5-7;1-3-2;4*1-2/h8-11,15,23,25-28H,6-7,12-14,16-20H2,1-5H3,(H,34,35);1-6,8H,(H,10,11)(H,12,13);3H,1H2,2H3;1-2H3;3*1-2H/t23-,25?,26?,27?,28?,31-,32+,33+;8-;;;;;/m10...../s1. The molecule has 0 bridgehead atoms. The van der Waals surface area contributed by atoms with Gasteiger partial charge in [-0.1, -0.05) is 110 Å². The van der Waals surface area contributed by atoms with Crippen molar-refractivity contribution in [3.05, 3.63) is 90.0 Å². The van der Waals surface area contributed by atoms with Crippen molar-refractivity contribution in [2.75, 3.05) is 0 Å². The maximum atomic E-state index is 11.4. The molecule has 2 aromatic carbocycles. The molecule has 6 nitrogen and oxygen atoms in total. The van der Waals surface area contributed by atoms with E-state index < -0.39 is 18.0 Å². The number of carboxylic acids is 2. The van der Waals surface area contributed by atoms with Crippen LogP contribution in [0.5, 0.6) is 0 Å². The van der Waals surface area contributed by atoms with Crippen LogP contribution in [0.4, 0.5) is 0 Å². The van der Waals surface area contributed by atoms with Crippen molar-refractivity contribution in [3.63, 3.8) is 0 Å². The minimum absolute atomic E-state index is 0.104. The van der Waals surface area contributed by atoms with Crippen molar-refractivity contribution >= 4 is 23.9 Å². The lowest BCUT2D eigenvalue weighted by Gasteiger charge is -2.68. The van der Waals surface area contributed by atoms with Crippen molar-refractivity contribution in [2.45, 2.75) is 126 Å². The second-order valence-corrected chi connectivity index (χ2v) is 17.5. The van der Waals surface area contributed by atoms with Crippen molar-refractivity contribution in [2.24, 2.45) is 51.2 Å². The van der Waals surface area contributed by atoms with Crippen LogP contribution in [0.1, 0.15) is 147 Å². The number of amides is 1. The zero-order valence-electron chi connectivity index (χ0n) is 37.3. The van der Waals surface area contributed by atoms with Gasteiger partial charge in [-0.3, -0.25) is 4.79 Å². The van der Waals surface area contributed by atoms with Gasteiger partial charge < -0.3 is 15.5 Å². The molecule has 2 aromatic rings. The molecule has 0 saturated heterocycles. The molecule has 1 amide bonds. The van der Waals surface area contributed by atoms with Crippen molar-refractivity contribution in [3.8, 4) is 38.5 Å². The molecule has 0 heterocycles. The quantitative estimate of drug-likeness (QED) is 0.153. The Bertz CT molecular complexity index is 1720. The molecule has 0 radical (unpaired) electrons. The van der Waals surface area contributed by atoms with Crippen LogP contribution < -0.4 is 5.32 Å². The largest absolute Gasteiger partial charge is 0.479 e. The average Bonchev–Trinajstić information content (AvgIpc) is 3.65. The maximum absolute atomic E-state index is 11.4. The highest BCUT2D eigenvalue weighted by atomic mass is 16.4. The number of terminal acetylenes is 3. The van der Waals surface area contributed by atoms with E-state index in [1.807, 2.05) is 32.9 Å². The molecular formula is C53H73NO5. The summed E-state index contributed by atoms with van der Waals surface area (Å²) in [6.45, 7) is 22.2. The molecule has 0 aromatic heterocycles. The Morgan fingerprint density at radius 3 is 1.86 bits per heavy atom. The van der Waals surface area contributed by atoms with Gasteiger partial charge in [0.05, 0.1) is 5.56 Å². The second kappa shape index (κ2) is 23.6. The fourth-order valence-electron chi connectivity index (χ4n) is 12.5. The van der Waals surface area contributed by atoms with E-state index in [-0.39, 0.29) is 5.41 Å². The van der Waals surface area contributed by atoms with Gasteiger partial charge in [-0.05, 0) is 145 Å². The zero-order chi connectivity index (χ0) is 45.2. The lowest BCUT2D eigenvalue weighted by Crippen LogP contribution is -2.60. The average molecular weight is 804 g/mol. The fraction of sp³-hybridized carbons (Fsp3) is 0.528. The summed E-state index contributed by atoms with van der Waals surface area (Å²) in [6.07, 6.45) is 42.9. The van der Waals surface area contributed by atoms with E-state index in [1.165, 1.54) is 75.3 Å². The minimum atomic E-state index is -1.07.